The maximum atomic E-state index is 13.4. The lowest BCUT2D eigenvalue weighted by molar-refractivity contribution is -0.140. The van der Waals surface area contributed by atoms with Crippen LogP contribution in [0, 0.1) is 0 Å². The minimum absolute atomic E-state index is 0.164. The number of esters is 2. The van der Waals surface area contributed by atoms with E-state index in [2.05, 4.69) is 9.47 Å². The third kappa shape index (κ3) is 13.3. The van der Waals surface area contributed by atoms with E-state index in [9.17, 15) is 14.0 Å². The Morgan fingerprint density at radius 3 is 2.18 bits per heavy atom. The molecule has 0 fully saturated rings. The van der Waals surface area contributed by atoms with E-state index in [0.29, 0.717) is 19.4 Å². The van der Waals surface area contributed by atoms with Crippen LogP contribution in [0.25, 0.3) is 0 Å². The van der Waals surface area contributed by atoms with E-state index in [1.54, 1.807) is 6.92 Å². The Hall–Kier alpha value is -1.65. The van der Waals surface area contributed by atoms with E-state index in [1.165, 1.54) is 25.3 Å². The van der Waals surface area contributed by atoms with Gasteiger partial charge in [-0.1, -0.05) is 31.8 Å². The van der Waals surface area contributed by atoms with Crippen LogP contribution in [-0.2, 0) is 19.1 Å². The maximum Gasteiger partial charge on any atom is 0.330 e. The molecule has 0 amide bonds. The van der Waals surface area contributed by atoms with Gasteiger partial charge in [0.1, 0.15) is 0 Å². The molecule has 0 N–H and O–H groups in total. The maximum absolute atomic E-state index is 13.4. The number of halogens is 1. The zero-order valence-corrected chi connectivity index (χ0v) is 13.6. The molecule has 0 unspecified atom stereocenters. The molecular weight excluding hydrogens is 287 g/mol. The summed E-state index contributed by atoms with van der Waals surface area (Å²) in [6, 6.07) is 0. The van der Waals surface area contributed by atoms with Crippen LogP contribution in [0.4, 0.5) is 4.39 Å². The molecule has 0 aliphatic heterocycles. The highest BCUT2D eigenvalue weighted by Crippen LogP contribution is 2.13. The van der Waals surface area contributed by atoms with Crippen LogP contribution in [0.5, 0.6) is 0 Å². The van der Waals surface area contributed by atoms with Crippen LogP contribution < -0.4 is 0 Å². The van der Waals surface area contributed by atoms with Crippen LogP contribution in [0.3, 0.4) is 0 Å². The van der Waals surface area contributed by atoms with Gasteiger partial charge in [0.05, 0.1) is 19.5 Å². The Morgan fingerprint density at radius 2 is 1.59 bits per heavy atom. The van der Waals surface area contributed by atoms with Crippen molar-refractivity contribution in [3.63, 3.8) is 0 Å². The second-order valence-corrected chi connectivity index (χ2v) is 4.92. The Kier molecular flexibility index (Phi) is 13.2. The first-order chi connectivity index (χ1) is 10.6. The van der Waals surface area contributed by atoms with Gasteiger partial charge in [0, 0.05) is 12.5 Å². The Labute approximate surface area is 132 Å². The highest BCUT2D eigenvalue weighted by Gasteiger charge is 1.99. The molecule has 0 heterocycles. The molecule has 0 aromatic rings. The molecule has 0 rings (SSSR count). The topological polar surface area (TPSA) is 52.6 Å². The van der Waals surface area contributed by atoms with Crippen molar-refractivity contribution in [2.24, 2.45) is 0 Å². The van der Waals surface area contributed by atoms with Gasteiger partial charge in [-0.2, -0.15) is 0 Å². The lowest BCUT2D eigenvalue weighted by Gasteiger charge is -2.01. The van der Waals surface area contributed by atoms with Crippen molar-refractivity contribution in [1.82, 2.24) is 0 Å². The zero-order chi connectivity index (χ0) is 16.6. The molecule has 0 aromatic carbocycles. The van der Waals surface area contributed by atoms with E-state index in [4.69, 9.17) is 0 Å². The predicted octanol–water partition coefficient (Wildman–Crippen LogP) is 4.25. The summed E-state index contributed by atoms with van der Waals surface area (Å²) in [5.41, 5.74) is 0. The van der Waals surface area contributed by atoms with Crippen LogP contribution in [0.1, 0.15) is 58.3 Å². The predicted molar refractivity (Wildman–Crippen MR) is 83.9 cm³/mol. The second kappa shape index (κ2) is 14.3. The largest absolute Gasteiger partial charge is 0.469 e. The number of allylic oxidation sites excluding steroid dienone is 3. The Morgan fingerprint density at radius 1 is 1.00 bits per heavy atom. The van der Waals surface area contributed by atoms with Crippen molar-refractivity contribution < 1.29 is 23.5 Å². The number of carbonyl (C=O) groups is 2. The van der Waals surface area contributed by atoms with Gasteiger partial charge in [0.25, 0.3) is 0 Å². The van der Waals surface area contributed by atoms with Gasteiger partial charge in [-0.3, -0.25) is 4.79 Å². The molecular formula is C17H27FO4. The van der Waals surface area contributed by atoms with Crippen molar-refractivity contribution >= 4 is 11.9 Å². The highest BCUT2D eigenvalue weighted by atomic mass is 19.1. The summed E-state index contributed by atoms with van der Waals surface area (Å²) in [6.07, 6.45) is 10.4. The van der Waals surface area contributed by atoms with Crippen LogP contribution >= 0.6 is 0 Å². The summed E-state index contributed by atoms with van der Waals surface area (Å²) in [7, 11) is 1.40. The van der Waals surface area contributed by atoms with Gasteiger partial charge >= 0.3 is 11.9 Å². The molecule has 0 saturated heterocycles. The zero-order valence-electron chi connectivity index (χ0n) is 13.6. The summed E-state index contributed by atoms with van der Waals surface area (Å²) in [5.74, 6) is -0.854. The number of unbranched alkanes of at least 4 members (excludes halogenated alkanes) is 5. The third-order valence-corrected chi connectivity index (χ3v) is 3.07. The lowest BCUT2D eigenvalue weighted by Crippen LogP contribution is -1.99. The number of rotatable bonds is 12. The van der Waals surface area contributed by atoms with Gasteiger partial charge < -0.3 is 9.47 Å². The summed E-state index contributed by atoms with van der Waals surface area (Å²) in [4.78, 5) is 21.9. The quantitative estimate of drug-likeness (QED) is 0.234. The number of hydrogen-bond acceptors (Lipinski definition) is 4. The van der Waals surface area contributed by atoms with Crippen molar-refractivity contribution in [3.8, 4) is 0 Å². The fourth-order valence-electron chi connectivity index (χ4n) is 1.88. The summed E-state index contributed by atoms with van der Waals surface area (Å²) in [6.45, 7) is 2.03. The molecule has 126 valence electrons. The van der Waals surface area contributed by atoms with Crippen LogP contribution in [-0.4, -0.2) is 25.7 Å². The standard InChI is InChI=1S/C17H27FO4/c1-3-22-17(20)14-10-12-15(18)11-8-6-4-5-7-9-13-16(19)21-2/h10,12,14H,3-9,11,13H2,1-2H3/b14-10+,15-12+. The molecule has 5 heteroatoms. The van der Waals surface area contributed by atoms with Crippen molar-refractivity contribution in [1.29, 1.82) is 0 Å². The van der Waals surface area contributed by atoms with Crippen LogP contribution in [0.2, 0.25) is 0 Å². The molecule has 0 saturated carbocycles. The van der Waals surface area contributed by atoms with E-state index < -0.39 is 5.97 Å². The van der Waals surface area contributed by atoms with Crippen molar-refractivity contribution in [3.05, 3.63) is 24.1 Å². The first-order valence-electron chi connectivity index (χ1n) is 7.86. The summed E-state index contributed by atoms with van der Waals surface area (Å²) in [5, 5.41) is 0. The second-order valence-electron chi connectivity index (χ2n) is 4.92. The molecule has 22 heavy (non-hydrogen) atoms. The highest BCUT2D eigenvalue weighted by molar-refractivity contribution is 5.82. The van der Waals surface area contributed by atoms with E-state index in [-0.39, 0.29) is 11.8 Å². The minimum Gasteiger partial charge on any atom is -0.469 e. The SMILES string of the molecule is CCOC(=O)/C=C/C=C(/F)CCCCCCCCC(=O)OC. The number of carbonyl (C=O) groups excluding carboxylic acids is 2. The van der Waals surface area contributed by atoms with Gasteiger partial charge in [0.15, 0.2) is 0 Å². The number of methoxy groups -OCH3 is 1. The smallest absolute Gasteiger partial charge is 0.330 e. The van der Waals surface area contributed by atoms with Crippen molar-refractivity contribution in [2.45, 2.75) is 58.3 Å². The fourth-order valence-corrected chi connectivity index (χ4v) is 1.88. The molecule has 4 nitrogen and oxygen atoms in total. The molecule has 0 radical (unpaired) electrons. The van der Waals surface area contributed by atoms with Gasteiger partial charge in [-0.15, -0.1) is 0 Å². The number of ether oxygens (including phenoxy) is 2. The fraction of sp³-hybridized carbons (Fsp3) is 0.647. The molecule has 0 atom stereocenters. The average Bonchev–Trinajstić information content (AvgIpc) is 2.49. The van der Waals surface area contributed by atoms with E-state index in [0.717, 1.165) is 38.5 Å². The van der Waals surface area contributed by atoms with Crippen LogP contribution in [0.15, 0.2) is 24.1 Å². The van der Waals surface area contributed by atoms with E-state index in [1.807, 2.05) is 0 Å². The lowest BCUT2D eigenvalue weighted by atomic mass is 10.1. The molecule has 0 bridgehead atoms. The summed E-state index contributed by atoms with van der Waals surface area (Å²) >= 11 is 0. The molecule has 0 aromatic heterocycles. The average molecular weight is 314 g/mol. The Bertz CT molecular complexity index is 375. The Balaban J connectivity index is 3.54. The number of hydrogen-bond donors (Lipinski definition) is 0. The molecule has 0 aliphatic carbocycles. The monoisotopic (exact) mass is 314 g/mol. The normalized spacial score (nSPS) is 11.7. The van der Waals surface area contributed by atoms with Gasteiger partial charge in [-0.25, -0.2) is 9.18 Å². The van der Waals surface area contributed by atoms with E-state index >= 15 is 0 Å². The van der Waals surface area contributed by atoms with Crippen molar-refractivity contribution in [2.75, 3.05) is 13.7 Å². The van der Waals surface area contributed by atoms with Gasteiger partial charge in [-0.05, 0) is 32.3 Å². The van der Waals surface area contributed by atoms with Gasteiger partial charge in [0.2, 0.25) is 0 Å². The molecule has 0 aliphatic rings. The third-order valence-electron chi connectivity index (χ3n) is 3.07. The molecule has 0 spiro atoms. The minimum atomic E-state index is -0.460. The summed E-state index contributed by atoms with van der Waals surface area (Å²) < 4.78 is 22.6. The first-order valence-corrected chi connectivity index (χ1v) is 7.86. The first kappa shape index (κ1) is 20.3.